The van der Waals surface area contributed by atoms with Crippen LogP contribution in [0.15, 0.2) is 29.7 Å². The number of carbonyl (C=O) groups is 1. The van der Waals surface area contributed by atoms with E-state index < -0.39 is 0 Å². The lowest BCUT2D eigenvalue weighted by Crippen LogP contribution is -2.23. The Morgan fingerprint density at radius 3 is 2.76 bits per heavy atom. The summed E-state index contributed by atoms with van der Waals surface area (Å²) in [6, 6.07) is 5.61. The van der Waals surface area contributed by atoms with Crippen LogP contribution in [0.2, 0.25) is 5.02 Å². The summed E-state index contributed by atoms with van der Waals surface area (Å²) >= 11 is 7.91. The molecule has 0 atom stereocenters. The summed E-state index contributed by atoms with van der Waals surface area (Å²) in [6.45, 7) is 5.03. The third-order valence-corrected chi connectivity index (χ3v) is 4.97. The van der Waals surface area contributed by atoms with Gasteiger partial charge in [-0.25, -0.2) is 0 Å². The van der Waals surface area contributed by atoms with Crippen molar-refractivity contribution in [3.8, 4) is 11.5 Å². The van der Waals surface area contributed by atoms with Gasteiger partial charge in [0.1, 0.15) is 0 Å². The number of benzene rings is 1. The molecule has 0 aliphatic rings. The summed E-state index contributed by atoms with van der Waals surface area (Å²) in [6.07, 6.45) is 3.26. The van der Waals surface area contributed by atoms with Crippen molar-refractivity contribution in [3.05, 3.63) is 50.7 Å². The summed E-state index contributed by atoms with van der Waals surface area (Å²) in [5.74, 6) is 0.987. The molecule has 0 aliphatic carbocycles. The highest BCUT2D eigenvalue weighted by molar-refractivity contribution is 7.10. The van der Waals surface area contributed by atoms with Gasteiger partial charge in [0.2, 0.25) is 5.91 Å². The largest absolute Gasteiger partial charge is 0.493 e. The summed E-state index contributed by atoms with van der Waals surface area (Å²) in [5.41, 5.74) is 1.98. The van der Waals surface area contributed by atoms with Gasteiger partial charge in [0, 0.05) is 18.0 Å². The van der Waals surface area contributed by atoms with Gasteiger partial charge in [-0.1, -0.05) is 11.6 Å². The highest BCUT2D eigenvalue weighted by Gasteiger charge is 2.12. The number of thiophene rings is 1. The van der Waals surface area contributed by atoms with Crippen molar-refractivity contribution >= 4 is 34.9 Å². The zero-order chi connectivity index (χ0) is 18.4. The van der Waals surface area contributed by atoms with Gasteiger partial charge >= 0.3 is 0 Å². The van der Waals surface area contributed by atoms with Gasteiger partial charge in [-0.3, -0.25) is 4.79 Å². The lowest BCUT2D eigenvalue weighted by atomic mass is 10.2. The maximum Gasteiger partial charge on any atom is 0.246 e. The van der Waals surface area contributed by atoms with Gasteiger partial charge in [0.05, 0.1) is 25.3 Å². The predicted molar refractivity (Wildman–Crippen MR) is 104 cm³/mol. The fourth-order valence-corrected chi connectivity index (χ4v) is 3.51. The summed E-state index contributed by atoms with van der Waals surface area (Å²) in [4.78, 5) is 15.2. The molecule has 2 rings (SSSR count). The van der Waals surface area contributed by atoms with E-state index in [2.05, 4.69) is 6.07 Å². The Kier molecular flexibility index (Phi) is 6.91. The SMILES string of the molecule is CCOc1c(Cl)cc(/C=C/C(=O)N(C)Cc2sccc2C)cc1OC. The first-order valence-electron chi connectivity index (χ1n) is 7.92. The number of rotatable bonds is 7. The Hall–Kier alpha value is -1.98. The number of methoxy groups -OCH3 is 1. The van der Waals surface area contributed by atoms with Crippen molar-refractivity contribution in [2.24, 2.45) is 0 Å². The minimum absolute atomic E-state index is 0.0724. The van der Waals surface area contributed by atoms with Crippen LogP contribution in [0.1, 0.15) is 22.9 Å². The lowest BCUT2D eigenvalue weighted by Gasteiger charge is -2.15. The Morgan fingerprint density at radius 2 is 2.16 bits per heavy atom. The number of halogens is 1. The number of amides is 1. The normalized spacial score (nSPS) is 10.9. The molecule has 1 heterocycles. The Bertz CT molecular complexity index is 770. The van der Waals surface area contributed by atoms with Crippen molar-refractivity contribution in [3.63, 3.8) is 0 Å². The lowest BCUT2D eigenvalue weighted by molar-refractivity contribution is -0.125. The molecule has 0 N–H and O–H groups in total. The molecule has 0 unspecified atom stereocenters. The predicted octanol–water partition coefficient (Wildman–Crippen LogP) is 4.79. The Morgan fingerprint density at radius 1 is 1.40 bits per heavy atom. The van der Waals surface area contributed by atoms with Crippen molar-refractivity contribution in [2.75, 3.05) is 20.8 Å². The smallest absolute Gasteiger partial charge is 0.246 e. The Labute approximate surface area is 157 Å². The fraction of sp³-hybridized carbons (Fsp3) is 0.316. The number of ether oxygens (including phenoxy) is 2. The van der Waals surface area contributed by atoms with Gasteiger partial charge in [-0.05, 0) is 54.6 Å². The molecule has 0 bridgehead atoms. The summed E-state index contributed by atoms with van der Waals surface area (Å²) in [5, 5.41) is 2.49. The van der Waals surface area contributed by atoms with Crippen molar-refractivity contribution in [1.29, 1.82) is 0 Å². The average Bonchev–Trinajstić information content (AvgIpc) is 2.99. The molecule has 6 heteroatoms. The van der Waals surface area contributed by atoms with Crippen molar-refractivity contribution in [1.82, 2.24) is 4.90 Å². The van der Waals surface area contributed by atoms with Crippen LogP contribution in [0.25, 0.3) is 6.08 Å². The summed E-state index contributed by atoms with van der Waals surface area (Å²) in [7, 11) is 3.35. The van der Waals surface area contributed by atoms with E-state index in [0.717, 1.165) is 5.56 Å². The number of likely N-dealkylation sites (N-methyl/N-ethyl adjacent to an activating group) is 1. The molecule has 1 amide bonds. The second-order valence-corrected chi connectivity index (χ2v) is 6.93. The monoisotopic (exact) mass is 379 g/mol. The number of hydrogen-bond acceptors (Lipinski definition) is 4. The van der Waals surface area contributed by atoms with E-state index in [-0.39, 0.29) is 5.91 Å². The molecule has 0 fully saturated rings. The maximum absolute atomic E-state index is 12.3. The number of carbonyl (C=O) groups excluding carboxylic acids is 1. The van der Waals surface area contributed by atoms with Gasteiger partial charge in [0.25, 0.3) is 0 Å². The quantitative estimate of drug-likeness (QED) is 0.649. The van der Waals surface area contributed by atoms with Crippen LogP contribution in [0.4, 0.5) is 0 Å². The second kappa shape index (κ2) is 8.92. The molecule has 25 heavy (non-hydrogen) atoms. The van der Waals surface area contributed by atoms with E-state index in [1.165, 1.54) is 16.5 Å². The highest BCUT2D eigenvalue weighted by atomic mass is 35.5. The number of hydrogen-bond donors (Lipinski definition) is 0. The van der Waals surface area contributed by atoms with Crippen LogP contribution in [0.5, 0.6) is 11.5 Å². The highest BCUT2D eigenvalue weighted by Crippen LogP contribution is 2.36. The molecule has 0 saturated carbocycles. The number of nitrogens with zero attached hydrogens (tertiary/aromatic N) is 1. The van der Waals surface area contributed by atoms with E-state index in [0.29, 0.717) is 29.7 Å². The van der Waals surface area contributed by atoms with Crippen LogP contribution in [0, 0.1) is 6.92 Å². The van der Waals surface area contributed by atoms with Crippen LogP contribution in [0.3, 0.4) is 0 Å². The molecule has 134 valence electrons. The topological polar surface area (TPSA) is 38.8 Å². The van der Waals surface area contributed by atoms with Crippen molar-refractivity contribution in [2.45, 2.75) is 20.4 Å². The van der Waals surface area contributed by atoms with Crippen LogP contribution in [-0.2, 0) is 11.3 Å². The van der Waals surface area contributed by atoms with E-state index in [9.17, 15) is 4.79 Å². The third-order valence-electron chi connectivity index (χ3n) is 3.68. The summed E-state index contributed by atoms with van der Waals surface area (Å²) < 4.78 is 10.8. The minimum atomic E-state index is -0.0724. The first kappa shape index (κ1) is 19.3. The molecular formula is C19H22ClNO3S. The van der Waals surface area contributed by atoms with E-state index in [1.54, 1.807) is 48.6 Å². The third kappa shape index (κ3) is 5.00. The van der Waals surface area contributed by atoms with Crippen LogP contribution in [-0.4, -0.2) is 31.6 Å². The zero-order valence-electron chi connectivity index (χ0n) is 14.8. The van der Waals surface area contributed by atoms with Crippen LogP contribution < -0.4 is 9.47 Å². The number of aryl methyl sites for hydroxylation is 1. The molecule has 4 nitrogen and oxygen atoms in total. The minimum Gasteiger partial charge on any atom is -0.493 e. The molecule has 0 radical (unpaired) electrons. The Balaban J connectivity index is 2.11. The molecule has 0 saturated heterocycles. The first-order chi connectivity index (χ1) is 12.0. The van der Waals surface area contributed by atoms with E-state index in [4.69, 9.17) is 21.1 Å². The van der Waals surface area contributed by atoms with E-state index >= 15 is 0 Å². The molecular weight excluding hydrogens is 358 g/mol. The van der Waals surface area contributed by atoms with Gasteiger partial charge in [-0.2, -0.15) is 0 Å². The molecule has 0 spiro atoms. The molecule has 2 aromatic rings. The standard InChI is InChI=1S/C19H22ClNO3S/c1-5-24-19-15(20)10-14(11-16(19)23-4)6-7-18(22)21(3)12-17-13(2)8-9-25-17/h6-11H,5,12H2,1-4H3/b7-6+. The molecule has 0 aliphatic heterocycles. The molecule has 1 aromatic heterocycles. The van der Waals surface area contributed by atoms with Crippen molar-refractivity contribution < 1.29 is 14.3 Å². The fourth-order valence-electron chi connectivity index (χ4n) is 2.27. The maximum atomic E-state index is 12.3. The van der Waals surface area contributed by atoms with Gasteiger partial charge < -0.3 is 14.4 Å². The van der Waals surface area contributed by atoms with Gasteiger partial charge in [0.15, 0.2) is 11.5 Å². The molecule has 1 aromatic carbocycles. The van der Waals surface area contributed by atoms with Gasteiger partial charge in [-0.15, -0.1) is 11.3 Å². The van der Waals surface area contributed by atoms with Crippen LogP contribution >= 0.6 is 22.9 Å². The van der Waals surface area contributed by atoms with E-state index in [1.807, 2.05) is 19.2 Å². The zero-order valence-corrected chi connectivity index (χ0v) is 16.4. The first-order valence-corrected chi connectivity index (χ1v) is 9.18. The average molecular weight is 380 g/mol. The second-order valence-electron chi connectivity index (χ2n) is 5.52.